The lowest BCUT2D eigenvalue weighted by Crippen LogP contribution is -2.08. The third-order valence-electron chi connectivity index (χ3n) is 2.21. The Hall–Kier alpha value is -1.35. The molecule has 0 bridgehead atoms. The average molecular weight is 209 g/mol. The van der Waals surface area contributed by atoms with E-state index < -0.39 is 0 Å². The summed E-state index contributed by atoms with van der Waals surface area (Å²) in [6, 6.07) is 5.61. The van der Waals surface area contributed by atoms with E-state index in [1.54, 1.807) is 6.07 Å². The summed E-state index contributed by atoms with van der Waals surface area (Å²) in [4.78, 5) is 11.4. The summed E-state index contributed by atoms with van der Waals surface area (Å²) in [5.74, 6) is 0. The summed E-state index contributed by atoms with van der Waals surface area (Å²) in [7, 11) is 0. The molecule has 0 aliphatic heterocycles. The first-order chi connectivity index (χ1) is 6.72. The van der Waals surface area contributed by atoms with Crippen molar-refractivity contribution in [3.63, 3.8) is 0 Å². The molecule has 2 aromatic rings. The highest BCUT2D eigenvalue weighted by Gasteiger charge is 2.04. The van der Waals surface area contributed by atoms with Crippen LogP contribution in [0.3, 0.4) is 0 Å². The number of nitrogens with one attached hydrogen (secondary N) is 1. The number of benzene rings is 1. The van der Waals surface area contributed by atoms with Crippen molar-refractivity contribution in [3.8, 4) is 0 Å². The van der Waals surface area contributed by atoms with Crippen molar-refractivity contribution in [1.29, 1.82) is 0 Å². The van der Waals surface area contributed by atoms with E-state index in [9.17, 15) is 4.79 Å². The second kappa shape index (κ2) is 3.42. The molecule has 1 aromatic heterocycles. The van der Waals surface area contributed by atoms with Gasteiger partial charge >= 0.3 is 0 Å². The van der Waals surface area contributed by atoms with Gasteiger partial charge in [0.2, 0.25) is 0 Å². The van der Waals surface area contributed by atoms with Crippen molar-refractivity contribution in [1.82, 2.24) is 10.2 Å². The molecule has 1 heterocycles. The molecule has 0 unspecified atom stereocenters. The quantitative estimate of drug-likeness (QED) is 0.781. The highest BCUT2D eigenvalue weighted by atomic mass is 35.5. The highest BCUT2D eigenvalue weighted by molar-refractivity contribution is 6.34. The molecule has 0 aliphatic rings. The predicted molar refractivity (Wildman–Crippen MR) is 56.8 cm³/mol. The fraction of sp³-hybridized carbons (Fsp3) is 0.200. The van der Waals surface area contributed by atoms with Gasteiger partial charge in [-0.05, 0) is 24.1 Å². The van der Waals surface area contributed by atoms with Crippen LogP contribution >= 0.6 is 11.6 Å². The fourth-order valence-electron chi connectivity index (χ4n) is 1.40. The molecule has 0 aliphatic carbocycles. The molecule has 0 spiro atoms. The van der Waals surface area contributed by atoms with Crippen LogP contribution in [0, 0.1) is 0 Å². The van der Waals surface area contributed by atoms with Crippen molar-refractivity contribution in [2.75, 3.05) is 0 Å². The number of aromatic amines is 1. The molecule has 0 amide bonds. The zero-order valence-electron chi connectivity index (χ0n) is 7.67. The smallest absolute Gasteiger partial charge is 0.267 e. The van der Waals surface area contributed by atoms with Gasteiger partial charge in [0.05, 0.1) is 5.39 Å². The molecule has 0 saturated heterocycles. The van der Waals surface area contributed by atoms with Crippen LogP contribution in [-0.2, 0) is 6.42 Å². The van der Waals surface area contributed by atoms with Gasteiger partial charge in [-0.1, -0.05) is 24.6 Å². The van der Waals surface area contributed by atoms with Crippen LogP contribution in [0.25, 0.3) is 10.8 Å². The molecule has 72 valence electrons. The van der Waals surface area contributed by atoms with Gasteiger partial charge in [0.1, 0.15) is 0 Å². The highest BCUT2D eigenvalue weighted by Crippen LogP contribution is 2.19. The number of rotatable bonds is 1. The zero-order valence-corrected chi connectivity index (χ0v) is 8.43. The molecular formula is C10H9ClN2O. The van der Waals surface area contributed by atoms with E-state index in [1.165, 1.54) is 0 Å². The topological polar surface area (TPSA) is 45.8 Å². The molecule has 0 saturated carbocycles. The second-order valence-corrected chi connectivity index (χ2v) is 3.44. The Kier molecular flexibility index (Phi) is 2.25. The van der Waals surface area contributed by atoms with Crippen LogP contribution in [0.4, 0.5) is 0 Å². The number of nitrogens with zero attached hydrogens (tertiary/aromatic N) is 1. The van der Waals surface area contributed by atoms with Gasteiger partial charge in [0.15, 0.2) is 5.15 Å². The monoisotopic (exact) mass is 208 g/mol. The first-order valence-corrected chi connectivity index (χ1v) is 4.77. The number of hydrogen-bond acceptors (Lipinski definition) is 2. The Morgan fingerprint density at radius 1 is 1.43 bits per heavy atom. The van der Waals surface area contributed by atoms with Crippen molar-refractivity contribution in [2.45, 2.75) is 13.3 Å². The SMILES string of the molecule is CCc1ccc2c(=O)[nH]nc(Cl)c2c1. The van der Waals surface area contributed by atoms with E-state index in [2.05, 4.69) is 17.1 Å². The lowest BCUT2D eigenvalue weighted by atomic mass is 10.1. The summed E-state index contributed by atoms with van der Waals surface area (Å²) in [6.07, 6.45) is 0.916. The van der Waals surface area contributed by atoms with Crippen LogP contribution in [-0.4, -0.2) is 10.2 Å². The van der Waals surface area contributed by atoms with Gasteiger partial charge in [-0.3, -0.25) is 4.79 Å². The number of H-pyrrole nitrogens is 1. The lowest BCUT2D eigenvalue weighted by Gasteiger charge is -2.00. The van der Waals surface area contributed by atoms with Gasteiger partial charge in [-0.2, -0.15) is 5.10 Å². The molecule has 0 radical (unpaired) electrons. The summed E-state index contributed by atoms with van der Waals surface area (Å²) < 4.78 is 0. The Morgan fingerprint density at radius 2 is 2.21 bits per heavy atom. The molecule has 1 N–H and O–H groups in total. The van der Waals surface area contributed by atoms with Gasteiger partial charge < -0.3 is 0 Å². The molecule has 0 atom stereocenters. The molecule has 4 heteroatoms. The van der Waals surface area contributed by atoms with Crippen molar-refractivity contribution in [3.05, 3.63) is 39.3 Å². The van der Waals surface area contributed by atoms with Gasteiger partial charge in [0, 0.05) is 5.39 Å². The van der Waals surface area contributed by atoms with Gasteiger partial charge in [-0.25, -0.2) is 5.10 Å². The standard InChI is InChI=1S/C10H9ClN2O/c1-2-6-3-4-7-8(5-6)9(11)12-13-10(7)14/h3-5H,2H2,1H3,(H,13,14). The number of hydrogen-bond donors (Lipinski definition) is 1. The minimum atomic E-state index is -0.202. The maximum absolute atomic E-state index is 11.4. The van der Waals surface area contributed by atoms with Crippen LogP contribution < -0.4 is 5.56 Å². The average Bonchev–Trinajstić information content (AvgIpc) is 2.23. The third-order valence-corrected chi connectivity index (χ3v) is 2.50. The van der Waals surface area contributed by atoms with E-state index in [4.69, 9.17) is 11.6 Å². The van der Waals surface area contributed by atoms with E-state index in [0.29, 0.717) is 10.5 Å². The van der Waals surface area contributed by atoms with Crippen molar-refractivity contribution >= 4 is 22.4 Å². The molecule has 3 nitrogen and oxygen atoms in total. The summed E-state index contributed by atoms with van der Waals surface area (Å²) >= 11 is 5.88. The maximum atomic E-state index is 11.4. The lowest BCUT2D eigenvalue weighted by molar-refractivity contribution is 1.01. The molecule has 0 fully saturated rings. The second-order valence-electron chi connectivity index (χ2n) is 3.08. The van der Waals surface area contributed by atoms with Gasteiger partial charge in [-0.15, -0.1) is 0 Å². The van der Waals surface area contributed by atoms with E-state index in [-0.39, 0.29) is 5.56 Å². The van der Waals surface area contributed by atoms with Crippen LogP contribution in [0.15, 0.2) is 23.0 Å². The van der Waals surface area contributed by atoms with Crippen LogP contribution in [0.5, 0.6) is 0 Å². The predicted octanol–water partition coefficient (Wildman–Crippen LogP) is 2.14. The molecule has 2 rings (SSSR count). The summed E-state index contributed by atoms with van der Waals surface area (Å²) in [6.45, 7) is 2.05. The largest absolute Gasteiger partial charge is 0.272 e. The number of fused-ring (bicyclic) bond motifs is 1. The minimum Gasteiger partial charge on any atom is -0.267 e. The zero-order chi connectivity index (χ0) is 10.1. The number of aromatic nitrogens is 2. The Balaban J connectivity index is 2.87. The van der Waals surface area contributed by atoms with Gasteiger partial charge in [0.25, 0.3) is 5.56 Å². The molecular weight excluding hydrogens is 200 g/mol. The Bertz CT molecular complexity index is 533. The summed E-state index contributed by atoms with van der Waals surface area (Å²) in [5, 5.41) is 7.70. The van der Waals surface area contributed by atoms with Crippen LogP contribution in [0.2, 0.25) is 5.15 Å². The first kappa shape index (κ1) is 9.21. The van der Waals surface area contributed by atoms with Crippen molar-refractivity contribution < 1.29 is 0 Å². The molecule has 1 aromatic carbocycles. The van der Waals surface area contributed by atoms with Crippen LogP contribution in [0.1, 0.15) is 12.5 Å². The third kappa shape index (κ3) is 1.40. The maximum Gasteiger partial charge on any atom is 0.272 e. The number of halogens is 1. The summed E-state index contributed by atoms with van der Waals surface area (Å²) in [5.41, 5.74) is 0.943. The normalized spacial score (nSPS) is 10.7. The molecule has 14 heavy (non-hydrogen) atoms. The Morgan fingerprint density at radius 3 is 2.93 bits per heavy atom. The van der Waals surface area contributed by atoms with Crippen molar-refractivity contribution in [2.24, 2.45) is 0 Å². The van der Waals surface area contributed by atoms with E-state index in [0.717, 1.165) is 17.4 Å². The minimum absolute atomic E-state index is 0.202. The fourth-order valence-corrected chi connectivity index (χ4v) is 1.60. The van der Waals surface area contributed by atoms with E-state index in [1.807, 2.05) is 12.1 Å². The van der Waals surface area contributed by atoms with E-state index >= 15 is 0 Å². The number of aryl methyl sites for hydroxylation is 1. The Labute approximate surface area is 85.7 Å². The first-order valence-electron chi connectivity index (χ1n) is 4.39.